The van der Waals surface area contributed by atoms with E-state index in [0.29, 0.717) is 11.4 Å². The number of nitrogens with one attached hydrogen (secondary N) is 2. The smallest absolute Gasteiger partial charge is 0.225 e. The number of carbonyl (C=O) groups excluding carboxylic acids is 2. The Morgan fingerprint density at radius 3 is 2.08 bits per heavy atom. The van der Waals surface area contributed by atoms with Crippen LogP contribution in [-0.2, 0) is 19.6 Å². The van der Waals surface area contributed by atoms with Crippen molar-refractivity contribution in [2.75, 3.05) is 23.4 Å². The number of hydrogen-bond acceptors (Lipinski definition) is 4. The first-order valence-electron chi connectivity index (χ1n) is 8.40. The minimum atomic E-state index is -3.32. The number of sulfonamides is 1. The van der Waals surface area contributed by atoms with Crippen molar-refractivity contribution in [3.05, 3.63) is 24.3 Å². The Morgan fingerprint density at radius 2 is 1.60 bits per heavy atom. The molecule has 0 radical (unpaired) electrons. The molecule has 7 nitrogen and oxygen atoms in total. The van der Waals surface area contributed by atoms with E-state index in [1.54, 1.807) is 24.3 Å². The van der Waals surface area contributed by atoms with Gasteiger partial charge < -0.3 is 10.6 Å². The van der Waals surface area contributed by atoms with Gasteiger partial charge in [-0.25, -0.2) is 8.42 Å². The fourth-order valence-electron chi connectivity index (χ4n) is 3.09. The van der Waals surface area contributed by atoms with Crippen LogP contribution >= 0.6 is 0 Å². The highest BCUT2D eigenvalue weighted by molar-refractivity contribution is 7.88. The van der Waals surface area contributed by atoms with Crippen LogP contribution in [0.5, 0.6) is 0 Å². The average molecular weight is 367 g/mol. The summed E-state index contributed by atoms with van der Waals surface area (Å²) in [7, 11) is -3.32. The summed E-state index contributed by atoms with van der Waals surface area (Å²) in [6.45, 7) is 1.62. The van der Waals surface area contributed by atoms with Gasteiger partial charge in [0.25, 0.3) is 0 Å². The first-order chi connectivity index (χ1) is 11.8. The number of nitrogens with zero attached hydrogens (tertiary/aromatic N) is 1. The highest BCUT2D eigenvalue weighted by atomic mass is 32.2. The van der Waals surface area contributed by atoms with E-state index in [4.69, 9.17) is 0 Å². The molecule has 0 unspecified atom stereocenters. The van der Waals surface area contributed by atoms with E-state index in [0.717, 1.165) is 25.7 Å². The van der Waals surface area contributed by atoms with E-state index in [9.17, 15) is 18.0 Å². The predicted molar refractivity (Wildman–Crippen MR) is 97.8 cm³/mol. The quantitative estimate of drug-likeness (QED) is 0.772. The molecule has 25 heavy (non-hydrogen) atoms. The van der Waals surface area contributed by atoms with E-state index in [2.05, 4.69) is 10.6 Å². The van der Waals surface area contributed by atoms with Crippen LogP contribution < -0.4 is 10.6 Å². The molecule has 2 rings (SSSR count). The molecule has 1 aliphatic carbocycles. The van der Waals surface area contributed by atoms with Gasteiger partial charge in [-0.2, -0.15) is 4.31 Å². The van der Waals surface area contributed by atoms with Crippen LogP contribution in [0.2, 0.25) is 0 Å². The Labute approximate surface area is 148 Å². The zero-order chi connectivity index (χ0) is 18.4. The van der Waals surface area contributed by atoms with Crippen LogP contribution in [0.15, 0.2) is 24.3 Å². The summed E-state index contributed by atoms with van der Waals surface area (Å²) >= 11 is 0. The molecule has 0 aliphatic heterocycles. The largest absolute Gasteiger partial charge is 0.326 e. The number of anilines is 2. The number of benzene rings is 1. The summed E-state index contributed by atoms with van der Waals surface area (Å²) in [5.74, 6) is -0.400. The van der Waals surface area contributed by atoms with E-state index in [-0.39, 0.29) is 30.8 Å². The van der Waals surface area contributed by atoms with Crippen molar-refractivity contribution in [1.29, 1.82) is 0 Å². The molecule has 0 bridgehead atoms. The van der Waals surface area contributed by atoms with Crippen molar-refractivity contribution >= 4 is 33.2 Å². The lowest BCUT2D eigenvalue weighted by molar-refractivity contribution is -0.116. The number of carbonyl (C=O) groups is 2. The normalized spacial score (nSPS) is 15.3. The Kier molecular flexibility index (Phi) is 6.55. The van der Waals surface area contributed by atoms with E-state index >= 15 is 0 Å². The highest BCUT2D eigenvalue weighted by Gasteiger charge is 2.29. The number of amides is 2. The summed E-state index contributed by atoms with van der Waals surface area (Å²) in [5, 5.41) is 5.39. The van der Waals surface area contributed by atoms with Crippen LogP contribution in [0.3, 0.4) is 0 Å². The lowest BCUT2D eigenvalue weighted by Gasteiger charge is -2.26. The standard InChI is InChI=1S/C17H25N3O4S/c1-13(21)18-14-7-9-15(10-8-14)19-17(22)11-12-20(25(2,23)24)16-5-3-4-6-16/h7-10,16H,3-6,11-12H2,1-2H3,(H,18,21)(H,19,22). The molecular formula is C17H25N3O4S. The Hall–Kier alpha value is -1.93. The second-order valence-electron chi connectivity index (χ2n) is 6.37. The topological polar surface area (TPSA) is 95.6 Å². The molecule has 1 saturated carbocycles. The predicted octanol–water partition coefficient (Wildman–Crippen LogP) is 2.18. The van der Waals surface area contributed by atoms with Crippen LogP contribution in [0.1, 0.15) is 39.0 Å². The minimum absolute atomic E-state index is 0.0136. The second-order valence-corrected chi connectivity index (χ2v) is 8.30. The summed E-state index contributed by atoms with van der Waals surface area (Å²) in [4.78, 5) is 23.1. The van der Waals surface area contributed by atoms with Gasteiger partial charge in [-0.3, -0.25) is 9.59 Å². The molecule has 1 fully saturated rings. The molecule has 138 valence electrons. The monoisotopic (exact) mass is 367 g/mol. The first-order valence-corrected chi connectivity index (χ1v) is 10.2. The van der Waals surface area contributed by atoms with Crippen LogP contribution in [0, 0.1) is 0 Å². The van der Waals surface area contributed by atoms with Gasteiger partial charge in [0, 0.05) is 37.3 Å². The third kappa shape index (κ3) is 6.13. The van der Waals surface area contributed by atoms with Gasteiger partial charge in [0.05, 0.1) is 6.26 Å². The van der Waals surface area contributed by atoms with Gasteiger partial charge in [0.1, 0.15) is 0 Å². The molecule has 0 aromatic heterocycles. The highest BCUT2D eigenvalue weighted by Crippen LogP contribution is 2.25. The van der Waals surface area contributed by atoms with Gasteiger partial charge in [-0.05, 0) is 37.1 Å². The molecule has 0 spiro atoms. The molecule has 0 heterocycles. The third-order valence-electron chi connectivity index (χ3n) is 4.21. The van der Waals surface area contributed by atoms with Crippen molar-refractivity contribution in [1.82, 2.24) is 4.31 Å². The van der Waals surface area contributed by atoms with Gasteiger partial charge in [-0.15, -0.1) is 0 Å². The lowest BCUT2D eigenvalue weighted by atomic mass is 10.2. The Bertz CT molecular complexity index is 710. The molecule has 2 amide bonds. The van der Waals surface area contributed by atoms with Gasteiger partial charge in [-0.1, -0.05) is 12.8 Å². The minimum Gasteiger partial charge on any atom is -0.326 e. The SMILES string of the molecule is CC(=O)Nc1ccc(NC(=O)CCN(C2CCCC2)S(C)(=O)=O)cc1. The van der Waals surface area contributed by atoms with Crippen molar-refractivity contribution in [3.8, 4) is 0 Å². The fraction of sp³-hybridized carbons (Fsp3) is 0.529. The summed E-state index contributed by atoms with van der Waals surface area (Å²) in [6, 6.07) is 6.78. The van der Waals surface area contributed by atoms with E-state index in [1.807, 2.05) is 0 Å². The van der Waals surface area contributed by atoms with Crippen molar-refractivity contribution in [2.24, 2.45) is 0 Å². The maximum Gasteiger partial charge on any atom is 0.225 e. The summed E-state index contributed by atoms with van der Waals surface area (Å²) in [5.41, 5.74) is 1.25. The summed E-state index contributed by atoms with van der Waals surface area (Å²) < 4.78 is 25.4. The zero-order valence-corrected chi connectivity index (χ0v) is 15.4. The van der Waals surface area contributed by atoms with Crippen LogP contribution in [0.25, 0.3) is 0 Å². The molecule has 1 aromatic carbocycles. The van der Waals surface area contributed by atoms with Gasteiger partial charge in [0.2, 0.25) is 21.8 Å². The Balaban J connectivity index is 1.89. The molecular weight excluding hydrogens is 342 g/mol. The van der Waals surface area contributed by atoms with Crippen molar-refractivity contribution < 1.29 is 18.0 Å². The molecule has 1 aromatic rings. The third-order valence-corrected chi connectivity index (χ3v) is 5.54. The van der Waals surface area contributed by atoms with Crippen LogP contribution in [0.4, 0.5) is 11.4 Å². The van der Waals surface area contributed by atoms with Crippen molar-refractivity contribution in [2.45, 2.75) is 45.1 Å². The average Bonchev–Trinajstić information content (AvgIpc) is 3.01. The molecule has 1 aliphatic rings. The van der Waals surface area contributed by atoms with Gasteiger partial charge >= 0.3 is 0 Å². The number of rotatable bonds is 7. The lowest BCUT2D eigenvalue weighted by Crippen LogP contribution is -2.39. The second kappa shape index (κ2) is 8.44. The molecule has 2 N–H and O–H groups in total. The first kappa shape index (κ1) is 19.4. The van der Waals surface area contributed by atoms with Gasteiger partial charge in [0.15, 0.2) is 0 Å². The molecule has 0 saturated heterocycles. The van der Waals surface area contributed by atoms with Crippen molar-refractivity contribution in [3.63, 3.8) is 0 Å². The zero-order valence-electron chi connectivity index (χ0n) is 14.6. The number of hydrogen-bond donors (Lipinski definition) is 2. The Morgan fingerprint density at radius 1 is 1.08 bits per heavy atom. The maximum atomic E-state index is 12.1. The maximum absolute atomic E-state index is 12.1. The van der Waals surface area contributed by atoms with E-state index in [1.165, 1.54) is 17.5 Å². The molecule has 8 heteroatoms. The fourth-order valence-corrected chi connectivity index (χ4v) is 4.26. The van der Waals surface area contributed by atoms with E-state index < -0.39 is 10.0 Å². The molecule has 0 atom stereocenters. The summed E-state index contributed by atoms with van der Waals surface area (Å²) in [6.07, 6.45) is 5.09. The van der Waals surface area contributed by atoms with Crippen LogP contribution in [-0.4, -0.2) is 43.4 Å².